The third-order valence-electron chi connectivity index (χ3n) is 2.94. The molecule has 0 spiro atoms. The van der Waals surface area contributed by atoms with Crippen LogP contribution in [0.4, 0.5) is 5.69 Å². The first-order valence-corrected chi connectivity index (χ1v) is 6.52. The highest BCUT2D eigenvalue weighted by atomic mass is 35.5. The molecule has 20 heavy (non-hydrogen) atoms. The lowest BCUT2D eigenvalue weighted by Gasteiger charge is -2.13. The van der Waals surface area contributed by atoms with Crippen LogP contribution < -0.4 is 11.1 Å². The van der Waals surface area contributed by atoms with E-state index in [0.29, 0.717) is 10.6 Å². The molecule has 0 aromatic heterocycles. The van der Waals surface area contributed by atoms with E-state index in [-0.39, 0.29) is 18.1 Å². The molecular weight excluding hydrogens is 276 g/mol. The van der Waals surface area contributed by atoms with Gasteiger partial charge in [-0.3, -0.25) is 4.79 Å². The number of amides is 1. The van der Waals surface area contributed by atoms with Gasteiger partial charge in [0.1, 0.15) is 0 Å². The summed E-state index contributed by atoms with van der Waals surface area (Å²) in [5.41, 5.74) is 7.03. The van der Waals surface area contributed by atoms with Crippen LogP contribution in [0, 0.1) is 0 Å². The fourth-order valence-corrected chi connectivity index (χ4v) is 1.99. The van der Waals surface area contributed by atoms with Crippen LogP contribution in [0.5, 0.6) is 0 Å². The van der Waals surface area contributed by atoms with E-state index in [4.69, 9.17) is 17.3 Å². The number of anilines is 1. The topological polar surface area (TPSA) is 75.4 Å². The summed E-state index contributed by atoms with van der Waals surface area (Å²) in [5, 5.41) is 12.9. The quantitative estimate of drug-likeness (QED) is 0.757. The number of para-hydroxylation sites is 1. The van der Waals surface area contributed by atoms with Crippen LogP contribution >= 0.6 is 11.6 Å². The first-order valence-electron chi connectivity index (χ1n) is 6.15. The number of hydrogen-bond donors (Lipinski definition) is 3. The van der Waals surface area contributed by atoms with Gasteiger partial charge in [-0.2, -0.15) is 0 Å². The molecular formula is C15H15ClN2O2. The minimum atomic E-state index is -0.763. The summed E-state index contributed by atoms with van der Waals surface area (Å²) >= 11 is 5.86. The SMILES string of the molecule is Nc1c(Cl)cccc1C(=O)NCC(O)c1ccccc1. The lowest BCUT2D eigenvalue weighted by molar-refractivity contribution is 0.0917. The Morgan fingerprint density at radius 3 is 2.60 bits per heavy atom. The molecule has 0 bridgehead atoms. The number of hydrogen-bond acceptors (Lipinski definition) is 3. The molecule has 0 radical (unpaired) electrons. The zero-order valence-corrected chi connectivity index (χ0v) is 11.5. The number of nitrogens with two attached hydrogens (primary N) is 1. The normalized spacial score (nSPS) is 11.9. The van der Waals surface area contributed by atoms with Crippen molar-refractivity contribution < 1.29 is 9.90 Å². The number of nitrogens with one attached hydrogen (secondary N) is 1. The molecule has 0 aliphatic carbocycles. The van der Waals surface area contributed by atoms with Crippen molar-refractivity contribution in [2.45, 2.75) is 6.10 Å². The molecule has 4 nitrogen and oxygen atoms in total. The van der Waals surface area contributed by atoms with Crippen molar-refractivity contribution in [1.82, 2.24) is 5.32 Å². The van der Waals surface area contributed by atoms with E-state index in [2.05, 4.69) is 5.32 Å². The Labute approximate surface area is 122 Å². The number of carbonyl (C=O) groups excluding carboxylic acids is 1. The first kappa shape index (κ1) is 14.4. The number of nitrogen functional groups attached to an aromatic ring is 1. The Balaban J connectivity index is 2.01. The van der Waals surface area contributed by atoms with Gasteiger partial charge in [0.25, 0.3) is 5.91 Å². The summed E-state index contributed by atoms with van der Waals surface area (Å²) in [6, 6.07) is 14.0. The third kappa shape index (κ3) is 3.29. The monoisotopic (exact) mass is 290 g/mol. The lowest BCUT2D eigenvalue weighted by Crippen LogP contribution is -2.29. The maximum atomic E-state index is 12.0. The zero-order valence-electron chi connectivity index (χ0n) is 10.7. The molecule has 0 aliphatic rings. The van der Waals surface area contributed by atoms with Gasteiger partial charge in [0.05, 0.1) is 22.4 Å². The number of aliphatic hydroxyl groups excluding tert-OH is 1. The second-order valence-electron chi connectivity index (χ2n) is 4.34. The van der Waals surface area contributed by atoms with Crippen LogP contribution in [-0.4, -0.2) is 17.6 Å². The van der Waals surface area contributed by atoms with E-state index in [1.165, 1.54) is 0 Å². The predicted octanol–water partition coefficient (Wildman–Crippen LogP) is 2.39. The maximum absolute atomic E-state index is 12.0. The molecule has 1 atom stereocenters. The highest BCUT2D eigenvalue weighted by Gasteiger charge is 2.13. The van der Waals surface area contributed by atoms with Crippen molar-refractivity contribution >= 4 is 23.2 Å². The van der Waals surface area contributed by atoms with E-state index < -0.39 is 6.10 Å². The Kier molecular flexibility index (Phi) is 4.61. The smallest absolute Gasteiger partial charge is 0.253 e. The molecule has 2 aromatic rings. The fourth-order valence-electron chi connectivity index (χ4n) is 1.81. The highest BCUT2D eigenvalue weighted by molar-refractivity contribution is 6.33. The summed E-state index contributed by atoms with van der Waals surface area (Å²) in [6.45, 7) is 0.106. The predicted molar refractivity (Wildman–Crippen MR) is 79.6 cm³/mol. The summed E-state index contributed by atoms with van der Waals surface area (Å²) in [4.78, 5) is 12.0. The molecule has 5 heteroatoms. The average molecular weight is 291 g/mol. The lowest BCUT2D eigenvalue weighted by atomic mass is 10.1. The molecule has 0 saturated heterocycles. The van der Waals surface area contributed by atoms with E-state index in [0.717, 1.165) is 5.56 Å². The molecule has 0 aliphatic heterocycles. The second-order valence-corrected chi connectivity index (χ2v) is 4.74. The summed E-state index contributed by atoms with van der Waals surface area (Å²) in [6.07, 6.45) is -0.763. The Bertz CT molecular complexity index is 602. The van der Waals surface area contributed by atoms with E-state index in [9.17, 15) is 9.90 Å². The number of carbonyl (C=O) groups is 1. The van der Waals surface area contributed by atoms with Crippen molar-refractivity contribution in [3.63, 3.8) is 0 Å². The van der Waals surface area contributed by atoms with Gasteiger partial charge in [-0.1, -0.05) is 48.0 Å². The summed E-state index contributed by atoms with van der Waals surface area (Å²) in [5.74, 6) is -0.361. The van der Waals surface area contributed by atoms with Gasteiger partial charge in [0.2, 0.25) is 0 Å². The third-order valence-corrected chi connectivity index (χ3v) is 3.27. The molecule has 4 N–H and O–H groups in total. The van der Waals surface area contributed by atoms with Crippen molar-refractivity contribution in [1.29, 1.82) is 0 Å². The van der Waals surface area contributed by atoms with Crippen molar-refractivity contribution in [3.8, 4) is 0 Å². The first-order chi connectivity index (χ1) is 9.59. The van der Waals surface area contributed by atoms with E-state index in [1.54, 1.807) is 30.3 Å². The second kappa shape index (κ2) is 6.41. The van der Waals surface area contributed by atoms with Crippen LogP contribution in [0.2, 0.25) is 5.02 Å². The summed E-state index contributed by atoms with van der Waals surface area (Å²) in [7, 11) is 0. The molecule has 0 heterocycles. The Morgan fingerprint density at radius 2 is 1.90 bits per heavy atom. The number of halogens is 1. The molecule has 2 rings (SSSR count). The Hall–Kier alpha value is -2.04. The van der Waals surface area contributed by atoms with Gasteiger partial charge >= 0.3 is 0 Å². The fraction of sp³-hybridized carbons (Fsp3) is 0.133. The van der Waals surface area contributed by atoms with Gasteiger partial charge in [0, 0.05) is 6.54 Å². The van der Waals surface area contributed by atoms with E-state index >= 15 is 0 Å². The molecule has 0 fully saturated rings. The number of benzene rings is 2. The van der Waals surface area contributed by atoms with Crippen LogP contribution in [0.3, 0.4) is 0 Å². The van der Waals surface area contributed by atoms with Gasteiger partial charge in [-0.05, 0) is 17.7 Å². The van der Waals surface area contributed by atoms with Gasteiger partial charge < -0.3 is 16.2 Å². The van der Waals surface area contributed by atoms with Crippen molar-refractivity contribution in [2.24, 2.45) is 0 Å². The average Bonchev–Trinajstić information content (AvgIpc) is 2.48. The molecule has 1 unspecified atom stereocenters. The molecule has 2 aromatic carbocycles. The highest BCUT2D eigenvalue weighted by Crippen LogP contribution is 2.22. The molecule has 1 amide bonds. The molecule has 104 valence electrons. The van der Waals surface area contributed by atoms with E-state index in [1.807, 2.05) is 18.2 Å². The van der Waals surface area contributed by atoms with Crippen LogP contribution in [-0.2, 0) is 0 Å². The van der Waals surface area contributed by atoms with Crippen LogP contribution in [0.1, 0.15) is 22.0 Å². The van der Waals surface area contributed by atoms with Gasteiger partial charge in [-0.25, -0.2) is 0 Å². The standard InChI is InChI=1S/C15H15ClN2O2/c16-12-8-4-7-11(14(12)17)15(20)18-9-13(19)10-5-2-1-3-6-10/h1-8,13,19H,9,17H2,(H,18,20). The van der Waals surface area contributed by atoms with Gasteiger partial charge in [0.15, 0.2) is 0 Å². The number of aliphatic hydroxyl groups is 1. The van der Waals surface area contributed by atoms with Crippen LogP contribution in [0.15, 0.2) is 48.5 Å². The number of rotatable bonds is 4. The molecule has 0 saturated carbocycles. The van der Waals surface area contributed by atoms with Crippen LogP contribution in [0.25, 0.3) is 0 Å². The zero-order chi connectivity index (χ0) is 14.5. The largest absolute Gasteiger partial charge is 0.397 e. The van der Waals surface area contributed by atoms with Gasteiger partial charge in [-0.15, -0.1) is 0 Å². The van der Waals surface area contributed by atoms with Crippen molar-refractivity contribution in [3.05, 3.63) is 64.7 Å². The summed E-state index contributed by atoms with van der Waals surface area (Å²) < 4.78 is 0. The minimum Gasteiger partial charge on any atom is -0.397 e. The van der Waals surface area contributed by atoms with Crippen molar-refractivity contribution in [2.75, 3.05) is 12.3 Å². The Morgan fingerprint density at radius 1 is 1.20 bits per heavy atom. The maximum Gasteiger partial charge on any atom is 0.253 e. The minimum absolute atomic E-state index is 0.106.